The molecule has 0 aromatic carbocycles. The minimum absolute atomic E-state index is 0.254. The van der Waals surface area contributed by atoms with Gasteiger partial charge in [-0.05, 0) is 19.3 Å². The fourth-order valence-corrected chi connectivity index (χ4v) is 1.75. The van der Waals surface area contributed by atoms with E-state index in [0.29, 0.717) is 13.0 Å². The van der Waals surface area contributed by atoms with Crippen molar-refractivity contribution in [1.29, 1.82) is 0 Å². The third kappa shape index (κ3) is 6.00. The van der Waals surface area contributed by atoms with Crippen molar-refractivity contribution in [1.82, 2.24) is 5.48 Å². The van der Waals surface area contributed by atoms with E-state index >= 15 is 0 Å². The van der Waals surface area contributed by atoms with Crippen LogP contribution >= 0.6 is 0 Å². The van der Waals surface area contributed by atoms with Gasteiger partial charge in [0.05, 0.1) is 6.04 Å². The Bertz CT molecular complexity index is 218. The number of nitrogens with two attached hydrogens (primary N) is 1. The lowest BCUT2D eigenvalue weighted by atomic mass is 10.1. The number of unbranched alkanes of at least 4 members (excludes halogenated alkanes) is 2. The molecule has 1 fully saturated rings. The van der Waals surface area contributed by atoms with E-state index in [1.165, 1.54) is 0 Å². The smallest absolute Gasteiger partial charge is 0.260 e. The molecule has 0 spiro atoms. The molecule has 17 heavy (non-hydrogen) atoms. The number of hydroxylamine groups is 1. The number of carbonyl (C=O) groups excluding carboxylic acids is 1. The summed E-state index contributed by atoms with van der Waals surface area (Å²) in [5.41, 5.74) is 8.13. The molecule has 0 radical (unpaired) electrons. The molecule has 2 atom stereocenters. The summed E-state index contributed by atoms with van der Waals surface area (Å²) in [5, 5.41) is 0. The van der Waals surface area contributed by atoms with Gasteiger partial charge in [-0.25, -0.2) is 10.3 Å². The molecule has 5 heteroatoms. The average molecular weight is 244 g/mol. The molecule has 0 aliphatic carbocycles. The van der Waals surface area contributed by atoms with Crippen LogP contribution in [-0.4, -0.2) is 24.8 Å². The molecule has 1 saturated heterocycles. The summed E-state index contributed by atoms with van der Waals surface area (Å²) in [6.07, 6.45) is 6.56. The molecule has 1 aliphatic rings. The zero-order chi connectivity index (χ0) is 12.5. The Labute approximate surface area is 103 Å². The van der Waals surface area contributed by atoms with Crippen LogP contribution in [0.5, 0.6) is 0 Å². The van der Waals surface area contributed by atoms with Crippen molar-refractivity contribution >= 4 is 5.91 Å². The minimum Gasteiger partial charge on any atom is -0.350 e. The van der Waals surface area contributed by atoms with Crippen LogP contribution in [0, 0.1) is 0 Å². The number of hydrogen-bond acceptors (Lipinski definition) is 4. The van der Waals surface area contributed by atoms with E-state index in [9.17, 15) is 4.79 Å². The van der Waals surface area contributed by atoms with Crippen molar-refractivity contribution in [2.75, 3.05) is 6.61 Å². The quantitative estimate of drug-likeness (QED) is 0.525. The SMILES string of the molecule is CCCCCC(N)C(=O)NOC1CCCCO1. The zero-order valence-corrected chi connectivity index (χ0v) is 10.6. The fourth-order valence-electron chi connectivity index (χ4n) is 1.75. The molecule has 0 saturated carbocycles. The first-order valence-corrected chi connectivity index (χ1v) is 6.56. The summed E-state index contributed by atoms with van der Waals surface area (Å²) in [5.74, 6) is -0.254. The molecular weight excluding hydrogens is 220 g/mol. The third-order valence-electron chi connectivity index (χ3n) is 2.88. The highest BCUT2D eigenvalue weighted by Gasteiger charge is 2.18. The number of amides is 1. The van der Waals surface area contributed by atoms with Gasteiger partial charge in [0.25, 0.3) is 5.91 Å². The van der Waals surface area contributed by atoms with Gasteiger partial charge in [-0.1, -0.05) is 26.2 Å². The maximum Gasteiger partial charge on any atom is 0.260 e. The molecule has 100 valence electrons. The summed E-state index contributed by atoms with van der Waals surface area (Å²) in [6.45, 7) is 2.82. The summed E-state index contributed by atoms with van der Waals surface area (Å²) >= 11 is 0. The summed E-state index contributed by atoms with van der Waals surface area (Å²) in [6, 6.07) is -0.481. The molecular formula is C12H24N2O3. The number of nitrogens with one attached hydrogen (secondary N) is 1. The highest BCUT2D eigenvalue weighted by atomic mass is 16.8. The Morgan fingerprint density at radius 3 is 3.00 bits per heavy atom. The molecule has 5 nitrogen and oxygen atoms in total. The molecule has 3 N–H and O–H groups in total. The van der Waals surface area contributed by atoms with Crippen molar-refractivity contribution in [3.63, 3.8) is 0 Å². The molecule has 2 unspecified atom stereocenters. The van der Waals surface area contributed by atoms with Crippen molar-refractivity contribution in [2.24, 2.45) is 5.73 Å². The second-order valence-electron chi connectivity index (χ2n) is 4.48. The lowest BCUT2D eigenvalue weighted by molar-refractivity contribution is -0.201. The van der Waals surface area contributed by atoms with Crippen LogP contribution in [0.1, 0.15) is 51.9 Å². The van der Waals surface area contributed by atoms with Crippen LogP contribution in [0.25, 0.3) is 0 Å². The Morgan fingerprint density at radius 2 is 2.35 bits per heavy atom. The largest absolute Gasteiger partial charge is 0.350 e. The monoisotopic (exact) mass is 244 g/mol. The predicted octanol–water partition coefficient (Wildman–Crippen LogP) is 1.47. The molecule has 0 aromatic rings. The van der Waals surface area contributed by atoms with Gasteiger partial charge < -0.3 is 10.5 Å². The van der Waals surface area contributed by atoms with E-state index in [1.54, 1.807) is 0 Å². The summed E-state index contributed by atoms with van der Waals surface area (Å²) in [4.78, 5) is 16.7. The van der Waals surface area contributed by atoms with E-state index < -0.39 is 6.04 Å². The fraction of sp³-hybridized carbons (Fsp3) is 0.917. The Morgan fingerprint density at radius 1 is 1.53 bits per heavy atom. The number of ether oxygens (including phenoxy) is 1. The number of rotatable bonds is 7. The van der Waals surface area contributed by atoms with E-state index in [1.807, 2.05) is 0 Å². The van der Waals surface area contributed by atoms with Crippen LogP contribution in [0.2, 0.25) is 0 Å². The van der Waals surface area contributed by atoms with Gasteiger partial charge in [0.15, 0.2) is 6.29 Å². The Kier molecular flexibility index (Phi) is 7.16. The normalized spacial score (nSPS) is 22.1. The summed E-state index contributed by atoms with van der Waals surface area (Å²) < 4.78 is 5.33. The maximum absolute atomic E-state index is 11.6. The van der Waals surface area contributed by atoms with Gasteiger partial charge in [-0.2, -0.15) is 0 Å². The van der Waals surface area contributed by atoms with Crippen LogP contribution in [0.4, 0.5) is 0 Å². The lowest BCUT2D eigenvalue weighted by Gasteiger charge is -2.22. The van der Waals surface area contributed by atoms with Crippen LogP contribution < -0.4 is 11.2 Å². The predicted molar refractivity (Wildman–Crippen MR) is 64.9 cm³/mol. The minimum atomic E-state index is -0.481. The summed E-state index contributed by atoms with van der Waals surface area (Å²) in [7, 11) is 0. The van der Waals surface area contributed by atoms with E-state index in [4.69, 9.17) is 15.3 Å². The van der Waals surface area contributed by atoms with Gasteiger partial charge in [-0.3, -0.25) is 4.79 Å². The number of carbonyl (C=O) groups is 1. The first-order chi connectivity index (χ1) is 8.24. The Balaban J connectivity index is 2.10. The Hall–Kier alpha value is -0.650. The molecule has 1 amide bonds. The van der Waals surface area contributed by atoms with Crippen molar-refractivity contribution < 1.29 is 14.4 Å². The van der Waals surface area contributed by atoms with E-state index in [-0.39, 0.29) is 12.2 Å². The maximum atomic E-state index is 11.6. The topological polar surface area (TPSA) is 73.6 Å². The molecule has 1 rings (SSSR count). The van der Waals surface area contributed by atoms with Crippen molar-refractivity contribution in [3.8, 4) is 0 Å². The van der Waals surface area contributed by atoms with Gasteiger partial charge >= 0.3 is 0 Å². The van der Waals surface area contributed by atoms with E-state index in [2.05, 4.69) is 12.4 Å². The van der Waals surface area contributed by atoms with Crippen LogP contribution in [0.15, 0.2) is 0 Å². The van der Waals surface area contributed by atoms with Gasteiger partial charge in [0.2, 0.25) is 0 Å². The van der Waals surface area contributed by atoms with Gasteiger partial charge in [-0.15, -0.1) is 0 Å². The van der Waals surface area contributed by atoms with E-state index in [0.717, 1.165) is 38.5 Å². The molecule has 1 aliphatic heterocycles. The molecule has 0 bridgehead atoms. The first kappa shape index (κ1) is 14.4. The second kappa shape index (κ2) is 8.44. The first-order valence-electron chi connectivity index (χ1n) is 6.56. The number of hydrogen-bond donors (Lipinski definition) is 2. The lowest BCUT2D eigenvalue weighted by Crippen LogP contribution is -2.43. The third-order valence-corrected chi connectivity index (χ3v) is 2.88. The molecule has 1 heterocycles. The van der Waals surface area contributed by atoms with Gasteiger partial charge in [0.1, 0.15) is 0 Å². The standard InChI is InChI=1S/C12H24N2O3/c1-2-3-4-7-10(13)12(15)14-17-11-8-5-6-9-16-11/h10-11H,2-9,13H2,1H3,(H,14,15). The van der Waals surface area contributed by atoms with Crippen LogP contribution in [-0.2, 0) is 14.4 Å². The zero-order valence-electron chi connectivity index (χ0n) is 10.6. The second-order valence-corrected chi connectivity index (χ2v) is 4.48. The van der Waals surface area contributed by atoms with Crippen molar-refractivity contribution in [2.45, 2.75) is 64.2 Å². The highest BCUT2D eigenvalue weighted by molar-refractivity contribution is 5.80. The highest BCUT2D eigenvalue weighted by Crippen LogP contribution is 2.12. The molecule has 0 aromatic heterocycles. The van der Waals surface area contributed by atoms with Crippen molar-refractivity contribution in [3.05, 3.63) is 0 Å². The average Bonchev–Trinajstić information content (AvgIpc) is 2.37. The van der Waals surface area contributed by atoms with Gasteiger partial charge in [0, 0.05) is 13.0 Å². The van der Waals surface area contributed by atoms with Crippen LogP contribution in [0.3, 0.4) is 0 Å².